The van der Waals surface area contributed by atoms with Crippen molar-refractivity contribution in [1.29, 1.82) is 0 Å². The van der Waals surface area contributed by atoms with Gasteiger partial charge in [0.25, 0.3) is 0 Å². The third-order valence-electron chi connectivity index (χ3n) is 4.83. The van der Waals surface area contributed by atoms with Gasteiger partial charge in [0.2, 0.25) is 11.6 Å². The molecular formula is C24H25N7. The molecule has 1 N–H and O–H groups in total. The molecule has 2 aromatic carbocycles. The van der Waals surface area contributed by atoms with Crippen LogP contribution in [0.5, 0.6) is 0 Å². The van der Waals surface area contributed by atoms with Crippen molar-refractivity contribution in [2.45, 2.75) is 46.1 Å². The maximum absolute atomic E-state index is 4.73. The lowest BCUT2D eigenvalue weighted by Gasteiger charge is -2.12. The lowest BCUT2D eigenvalue weighted by molar-refractivity contribution is 0.533. The fourth-order valence-electron chi connectivity index (χ4n) is 3.20. The van der Waals surface area contributed by atoms with Gasteiger partial charge in [0.05, 0.1) is 6.54 Å². The number of aromatic nitrogens is 7. The Morgan fingerprint density at radius 2 is 1.74 bits per heavy atom. The van der Waals surface area contributed by atoms with Gasteiger partial charge in [-0.25, -0.2) is 9.67 Å². The van der Waals surface area contributed by atoms with Crippen LogP contribution in [0.1, 0.15) is 51.3 Å². The minimum absolute atomic E-state index is 0.128. The average Bonchev–Trinajstić information content (AvgIpc) is 3.43. The number of nitrogens with zero attached hydrogens (tertiary/aromatic N) is 6. The van der Waals surface area contributed by atoms with E-state index >= 15 is 0 Å². The van der Waals surface area contributed by atoms with Gasteiger partial charge < -0.3 is 0 Å². The van der Waals surface area contributed by atoms with Gasteiger partial charge in [0.1, 0.15) is 0 Å². The van der Waals surface area contributed by atoms with Crippen LogP contribution in [0.2, 0.25) is 0 Å². The van der Waals surface area contributed by atoms with Crippen LogP contribution >= 0.6 is 0 Å². The van der Waals surface area contributed by atoms with Crippen LogP contribution in [0.3, 0.4) is 0 Å². The maximum atomic E-state index is 4.73. The highest BCUT2D eigenvalue weighted by Gasteiger charge is 2.21. The minimum atomic E-state index is -0.128. The van der Waals surface area contributed by atoms with Crippen molar-refractivity contribution < 1.29 is 0 Å². The minimum Gasteiger partial charge on any atom is -0.234 e. The Labute approximate surface area is 181 Å². The van der Waals surface area contributed by atoms with Crippen LogP contribution < -0.4 is 0 Å². The van der Waals surface area contributed by atoms with Crippen molar-refractivity contribution in [3.05, 3.63) is 65.7 Å². The van der Waals surface area contributed by atoms with Crippen LogP contribution in [-0.4, -0.2) is 35.4 Å². The Hall–Kier alpha value is -3.79. The van der Waals surface area contributed by atoms with Gasteiger partial charge in [-0.15, -0.1) is 10.2 Å². The second kappa shape index (κ2) is 8.52. The van der Waals surface area contributed by atoms with Gasteiger partial charge in [0.15, 0.2) is 5.82 Å². The van der Waals surface area contributed by atoms with Crippen molar-refractivity contribution in [3.8, 4) is 34.4 Å². The summed E-state index contributed by atoms with van der Waals surface area (Å²) in [5.41, 5.74) is 4.08. The van der Waals surface area contributed by atoms with Gasteiger partial charge in [-0.1, -0.05) is 82.1 Å². The van der Waals surface area contributed by atoms with E-state index in [1.54, 1.807) is 0 Å². The number of hydrogen-bond acceptors (Lipinski definition) is 5. The van der Waals surface area contributed by atoms with E-state index in [2.05, 4.69) is 88.6 Å². The first-order chi connectivity index (χ1) is 15.0. The molecule has 7 nitrogen and oxygen atoms in total. The summed E-state index contributed by atoms with van der Waals surface area (Å²) in [5.74, 6) is 8.36. The summed E-state index contributed by atoms with van der Waals surface area (Å²) >= 11 is 0. The number of aromatic amines is 1. The predicted octanol–water partition coefficient (Wildman–Crippen LogP) is 4.23. The smallest absolute Gasteiger partial charge is 0.205 e. The first-order valence-electron chi connectivity index (χ1n) is 10.3. The summed E-state index contributed by atoms with van der Waals surface area (Å²) in [6, 6.07) is 16.5. The zero-order chi connectivity index (χ0) is 21.8. The van der Waals surface area contributed by atoms with E-state index in [9.17, 15) is 0 Å². The summed E-state index contributed by atoms with van der Waals surface area (Å²) in [7, 11) is 0. The van der Waals surface area contributed by atoms with E-state index in [-0.39, 0.29) is 5.41 Å². The molecule has 0 aliphatic carbocycles. The molecule has 4 aromatic rings. The Kier molecular flexibility index (Phi) is 5.63. The molecule has 0 aliphatic heterocycles. The van der Waals surface area contributed by atoms with Crippen molar-refractivity contribution in [2.24, 2.45) is 0 Å². The quantitative estimate of drug-likeness (QED) is 0.508. The summed E-state index contributed by atoms with van der Waals surface area (Å²) in [6.45, 7) is 8.98. The Balaban J connectivity index is 1.63. The van der Waals surface area contributed by atoms with E-state index in [0.717, 1.165) is 34.5 Å². The molecule has 2 aromatic heterocycles. The first-order valence-corrected chi connectivity index (χ1v) is 10.3. The number of H-pyrrole nitrogens is 1. The van der Waals surface area contributed by atoms with Crippen LogP contribution in [-0.2, 0) is 12.0 Å². The molecule has 0 atom stereocenters. The van der Waals surface area contributed by atoms with Gasteiger partial charge in [-0.3, -0.25) is 0 Å². The lowest BCUT2D eigenvalue weighted by atomic mass is 9.96. The molecule has 156 valence electrons. The summed E-state index contributed by atoms with van der Waals surface area (Å²) in [4.78, 5) is 4.68. The highest BCUT2D eigenvalue weighted by molar-refractivity contribution is 5.80. The molecule has 2 heterocycles. The van der Waals surface area contributed by atoms with E-state index in [4.69, 9.17) is 5.10 Å². The van der Waals surface area contributed by atoms with E-state index in [1.807, 2.05) is 29.8 Å². The molecule has 0 aliphatic rings. The van der Waals surface area contributed by atoms with Crippen molar-refractivity contribution in [3.63, 3.8) is 0 Å². The van der Waals surface area contributed by atoms with Crippen molar-refractivity contribution in [1.82, 2.24) is 35.4 Å². The van der Waals surface area contributed by atoms with Gasteiger partial charge in [-0.2, -0.15) is 10.3 Å². The number of rotatable bonds is 4. The van der Waals surface area contributed by atoms with Gasteiger partial charge in [-0.05, 0) is 27.8 Å². The van der Waals surface area contributed by atoms with Gasteiger partial charge >= 0.3 is 0 Å². The summed E-state index contributed by atoms with van der Waals surface area (Å²) in [5, 5.41) is 19.2. The van der Waals surface area contributed by atoms with Crippen LogP contribution in [0.15, 0.2) is 48.5 Å². The van der Waals surface area contributed by atoms with E-state index in [0.29, 0.717) is 18.2 Å². The molecule has 7 heteroatoms. The lowest BCUT2D eigenvalue weighted by Crippen LogP contribution is -2.14. The van der Waals surface area contributed by atoms with Crippen molar-refractivity contribution in [2.75, 3.05) is 0 Å². The zero-order valence-electron chi connectivity index (χ0n) is 18.2. The third kappa shape index (κ3) is 4.53. The topological polar surface area (TPSA) is 85.2 Å². The molecule has 31 heavy (non-hydrogen) atoms. The van der Waals surface area contributed by atoms with E-state index in [1.165, 1.54) is 0 Å². The first kappa shape index (κ1) is 20.5. The largest absolute Gasteiger partial charge is 0.234 e. The van der Waals surface area contributed by atoms with Crippen molar-refractivity contribution >= 4 is 0 Å². The number of nitrogens with one attached hydrogen (secondary N) is 1. The Morgan fingerprint density at radius 1 is 1.00 bits per heavy atom. The van der Waals surface area contributed by atoms with Crippen LogP contribution in [0, 0.1) is 11.8 Å². The van der Waals surface area contributed by atoms with Crippen LogP contribution in [0.4, 0.5) is 0 Å². The summed E-state index contributed by atoms with van der Waals surface area (Å²) < 4.78 is 1.89. The molecule has 0 spiro atoms. The highest BCUT2D eigenvalue weighted by atomic mass is 15.5. The predicted molar refractivity (Wildman–Crippen MR) is 120 cm³/mol. The monoisotopic (exact) mass is 411 g/mol. The average molecular weight is 412 g/mol. The molecule has 0 unspecified atom stereocenters. The normalized spacial score (nSPS) is 11.2. The second-order valence-electron chi connectivity index (χ2n) is 8.30. The zero-order valence-corrected chi connectivity index (χ0v) is 18.2. The highest BCUT2D eigenvalue weighted by Crippen LogP contribution is 2.30. The second-order valence-corrected chi connectivity index (χ2v) is 8.30. The number of benzene rings is 2. The molecule has 0 fully saturated rings. The maximum Gasteiger partial charge on any atom is 0.205 e. The number of hydrogen-bond donors (Lipinski definition) is 1. The SMILES string of the molecule is CCC#Cc1nc(C(C)(C)C)nn1Cc1ccc(-c2ccccc2-c2nn[nH]n2)cc1. The Morgan fingerprint density at radius 3 is 2.39 bits per heavy atom. The molecule has 0 radical (unpaired) electrons. The Bertz CT molecular complexity index is 1220. The number of tetrazole rings is 1. The standard InChI is InChI=1S/C24H25N7/c1-5-6-11-21-25-23(24(2,3)4)28-31(21)16-17-12-14-18(15-13-17)19-9-7-8-10-20(19)22-26-29-30-27-22/h7-10,12-15H,5,16H2,1-4H3,(H,26,27,29,30). The molecular weight excluding hydrogens is 386 g/mol. The summed E-state index contributed by atoms with van der Waals surface area (Å²) in [6.07, 6.45) is 0.784. The molecule has 0 saturated carbocycles. The van der Waals surface area contributed by atoms with E-state index < -0.39 is 0 Å². The molecule has 0 saturated heterocycles. The fraction of sp³-hybridized carbons (Fsp3) is 0.292. The third-order valence-corrected chi connectivity index (χ3v) is 4.83. The molecule has 4 rings (SSSR count). The molecule has 0 bridgehead atoms. The fourth-order valence-corrected chi connectivity index (χ4v) is 3.20. The van der Waals surface area contributed by atoms with Gasteiger partial charge in [0, 0.05) is 17.4 Å². The van der Waals surface area contributed by atoms with Crippen LogP contribution in [0.25, 0.3) is 22.5 Å². The molecule has 0 amide bonds.